The Morgan fingerprint density at radius 1 is 0.489 bits per heavy atom. The lowest BCUT2D eigenvalue weighted by Gasteiger charge is -2.20. The molecular weight excluding hydrogens is 592 g/mol. The van der Waals surface area contributed by atoms with Crippen molar-refractivity contribution in [2.75, 3.05) is 79.3 Å². The van der Waals surface area contributed by atoms with E-state index in [1.807, 2.05) is 0 Å². The molecule has 0 aliphatic heterocycles. The van der Waals surface area contributed by atoms with Crippen molar-refractivity contribution in [1.29, 1.82) is 0 Å². The summed E-state index contributed by atoms with van der Waals surface area (Å²) < 4.78 is 20.2. The summed E-state index contributed by atoms with van der Waals surface area (Å²) in [4.78, 5) is 72.9. The second kappa shape index (κ2) is 27.6. The number of alkyl carbamates (subject to hydrolysis) is 4. The van der Waals surface area contributed by atoms with Crippen LogP contribution in [0.3, 0.4) is 0 Å². The van der Waals surface area contributed by atoms with Crippen molar-refractivity contribution in [3.63, 3.8) is 0 Å². The fourth-order valence-corrected chi connectivity index (χ4v) is 3.80. The van der Waals surface area contributed by atoms with Gasteiger partial charge in [0.05, 0.1) is 26.2 Å². The smallest absolute Gasteiger partial charge is 0.407 e. The molecule has 0 spiro atoms. The van der Waals surface area contributed by atoms with Crippen LogP contribution in [0.4, 0.5) is 19.2 Å². The highest BCUT2D eigenvalue weighted by molar-refractivity contribution is 5.74. The van der Waals surface area contributed by atoms with Gasteiger partial charge < -0.3 is 50.0 Å². The molecule has 260 valence electrons. The second-order valence-corrected chi connectivity index (χ2v) is 10.1. The van der Waals surface area contributed by atoms with E-state index in [0.717, 1.165) is 51.4 Å². The van der Waals surface area contributed by atoms with E-state index in [2.05, 4.69) is 28.2 Å². The summed E-state index contributed by atoms with van der Waals surface area (Å²) in [6.07, 6.45) is 5.02. The van der Waals surface area contributed by atoms with Gasteiger partial charge in [0.1, 0.15) is 26.4 Å². The molecule has 0 unspecified atom stereocenters. The maximum Gasteiger partial charge on any atom is 0.407 e. The number of rotatable bonds is 24. The van der Waals surface area contributed by atoms with Crippen LogP contribution in [0.25, 0.3) is 0 Å². The Labute approximate surface area is 266 Å². The summed E-state index contributed by atoms with van der Waals surface area (Å²) >= 11 is 0. The van der Waals surface area contributed by atoms with Crippen LogP contribution in [-0.4, -0.2) is 125 Å². The Kier molecular flexibility index (Phi) is 25.1. The number of ether oxygens (including phenoxy) is 4. The maximum atomic E-state index is 11.9. The molecule has 0 atom stereocenters. The molecule has 0 rings (SSSR count). The van der Waals surface area contributed by atoms with Crippen LogP contribution in [0.1, 0.15) is 72.1 Å². The first-order chi connectivity index (χ1) is 21.6. The lowest BCUT2D eigenvalue weighted by atomic mass is 10.2. The minimum Gasteiger partial charge on any atom is -0.448 e. The van der Waals surface area contributed by atoms with E-state index < -0.39 is 24.4 Å². The normalized spacial score (nSPS) is 10.2. The Balaban J connectivity index is 3.83. The van der Waals surface area contributed by atoms with E-state index in [-0.39, 0.29) is 64.4 Å². The van der Waals surface area contributed by atoms with Crippen LogP contribution in [0.2, 0.25) is 0 Å². The summed E-state index contributed by atoms with van der Waals surface area (Å²) in [6.45, 7) is 7.13. The minimum absolute atomic E-state index is 0.00634. The monoisotopic (exact) mass is 646 g/mol. The first-order valence-corrected chi connectivity index (χ1v) is 15.7. The lowest BCUT2D eigenvalue weighted by Crippen LogP contribution is -2.37. The average molecular weight is 647 g/mol. The summed E-state index contributed by atoms with van der Waals surface area (Å²) in [5.41, 5.74) is 0. The molecule has 45 heavy (non-hydrogen) atoms. The van der Waals surface area contributed by atoms with Gasteiger partial charge in [0.2, 0.25) is 11.8 Å². The number of nitrogens with one attached hydrogen (secondary N) is 4. The highest BCUT2D eigenvalue weighted by atomic mass is 16.6. The van der Waals surface area contributed by atoms with E-state index >= 15 is 0 Å². The van der Waals surface area contributed by atoms with Crippen LogP contribution in [0.5, 0.6) is 0 Å². The zero-order chi connectivity index (χ0) is 33.7. The van der Waals surface area contributed by atoms with Crippen molar-refractivity contribution in [2.24, 2.45) is 0 Å². The van der Waals surface area contributed by atoms with E-state index in [1.54, 1.807) is 0 Å². The van der Waals surface area contributed by atoms with Gasteiger partial charge in [-0.2, -0.15) is 0 Å². The third kappa shape index (κ3) is 25.1. The summed E-state index contributed by atoms with van der Waals surface area (Å²) in [5.74, 6) is -0.443. The van der Waals surface area contributed by atoms with Gasteiger partial charge in [-0.15, -0.1) is 0 Å². The largest absolute Gasteiger partial charge is 0.448 e. The van der Waals surface area contributed by atoms with Gasteiger partial charge >= 0.3 is 24.4 Å². The third-order valence-corrected chi connectivity index (χ3v) is 6.41. The predicted octanol–water partition coefficient (Wildman–Crippen LogP) is 2.36. The van der Waals surface area contributed by atoms with Crippen molar-refractivity contribution in [2.45, 2.75) is 72.1 Å². The number of hydrogen-bond donors (Lipinski definition) is 4. The molecule has 0 radical (unpaired) electrons. The van der Waals surface area contributed by atoms with Crippen molar-refractivity contribution >= 4 is 36.2 Å². The fraction of sp³-hybridized carbons (Fsp3) is 0.793. The van der Waals surface area contributed by atoms with E-state index in [4.69, 9.17) is 18.9 Å². The second-order valence-electron chi connectivity index (χ2n) is 10.1. The van der Waals surface area contributed by atoms with Gasteiger partial charge in [-0.3, -0.25) is 9.59 Å². The van der Waals surface area contributed by atoms with Gasteiger partial charge in [-0.1, -0.05) is 39.0 Å². The quantitative estimate of drug-likeness (QED) is 0.0893. The zero-order valence-electron chi connectivity index (χ0n) is 27.4. The minimum atomic E-state index is -0.590. The molecule has 16 heteroatoms. The van der Waals surface area contributed by atoms with Crippen molar-refractivity contribution < 1.29 is 47.7 Å². The van der Waals surface area contributed by atoms with Crippen molar-refractivity contribution in [1.82, 2.24) is 31.1 Å². The van der Waals surface area contributed by atoms with Crippen molar-refractivity contribution in [3.05, 3.63) is 0 Å². The predicted molar refractivity (Wildman–Crippen MR) is 166 cm³/mol. The Hall–Kier alpha value is -3.98. The topological polar surface area (TPSA) is 194 Å². The molecule has 0 fully saturated rings. The van der Waals surface area contributed by atoms with Crippen LogP contribution in [0, 0.1) is 0 Å². The van der Waals surface area contributed by atoms with E-state index in [9.17, 15) is 28.8 Å². The molecule has 0 aliphatic carbocycles. The van der Waals surface area contributed by atoms with E-state index in [0.29, 0.717) is 19.6 Å². The van der Waals surface area contributed by atoms with Gasteiger partial charge in [0.25, 0.3) is 0 Å². The molecule has 16 nitrogen and oxygen atoms in total. The molecule has 6 amide bonds. The van der Waals surface area contributed by atoms with Gasteiger partial charge in [-0.25, -0.2) is 19.2 Å². The molecule has 4 N–H and O–H groups in total. The van der Waals surface area contributed by atoms with Crippen LogP contribution < -0.4 is 21.3 Å². The third-order valence-electron chi connectivity index (χ3n) is 6.41. The number of carbonyl (C=O) groups excluding carboxylic acids is 6. The van der Waals surface area contributed by atoms with Crippen LogP contribution in [0.15, 0.2) is 0 Å². The van der Waals surface area contributed by atoms with Gasteiger partial charge in [-0.05, 0) is 19.3 Å². The standard InChI is InChI=1S/C29H54N6O10/c1-5-6-7-10-13-31-27(39)43-22-18-35(25(3)37)19-23-45-29(41)33-15-12-9-8-11-14-32-28(40)44-21-17-34(24(2)36)16-20-42-26(38)30-4/h5-23H2,1-4H3,(H,30,38)(H,31,39)(H,32,40)(H,33,41). The average Bonchev–Trinajstić information content (AvgIpc) is 3.00. The molecule has 0 aromatic heterocycles. The summed E-state index contributed by atoms with van der Waals surface area (Å²) in [5, 5.41) is 10.3. The molecule has 0 bridgehead atoms. The highest BCUT2D eigenvalue weighted by Gasteiger charge is 2.13. The Morgan fingerprint density at radius 2 is 0.800 bits per heavy atom. The van der Waals surface area contributed by atoms with E-state index in [1.165, 1.54) is 30.7 Å². The van der Waals surface area contributed by atoms with Gasteiger partial charge in [0.15, 0.2) is 0 Å². The summed E-state index contributed by atoms with van der Waals surface area (Å²) in [7, 11) is 1.44. The number of carbonyl (C=O) groups is 6. The number of nitrogens with zero attached hydrogens (tertiary/aromatic N) is 2. The highest BCUT2D eigenvalue weighted by Crippen LogP contribution is 2.00. The number of hydrogen-bond acceptors (Lipinski definition) is 10. The Morgan fingerprint density at radius 3 is 1.09 bits per heavy atom. The number of amides is 6. The van der Waals surface area contributed by atoms with Crippen LogP contribution in [-0.2, 0) is 28.5 Å². The first-order valence-electron chi connectivity index (χ1n) is 15.7. The first kappa shape index (κ1) is 41.0. The molecule has 0 aliphatic rings. The van der Waals surface area contributed by atoms with Crippen molar-refractivity contribution in [3.8, 4) is 0 Å². The molecule has 0 saturated carbocycles. The molecule has 0 aromatic carbocycles. The molecule has 0 aromatic rings. The molecule has 0 heterocycles. The van der Waals surface area contributed by atoms with Gasteiger partial charge in [0, 0.05) is 40.5 Å². The number of unbranched alkanes of at least 4 members (excludes halogenated alkanes) is 6. The Bertz CT molecular complexity index is 876. The maximum absolute atomic E-state index is 11.9. The lowest BCUT2D eigenvalue weighted by molar-refractivity contribution is -0.130. The SMILES string of the molecule is CCCCCCNC(=O)OCCN(CCOC(=O)NCCCCCCNC(=O)OCCN(CCOC(=O)NC)C(C)=O)C(C)=O. The summed E-state index contributed by atoms with van der Waals surface area (Å²) in [6, 6.07) is 0. The molecular formula is C29H54N6O10. The molecule has 0 saturated heterocycles. The fourth-order valence-electron chi connectivity index (χ4n) is 3.80. The zero-order valence-corrected chi connectivity index (χ0v) is 27.4. The van der Waals surface area contributed by atoms with Crippen LogP contribution >= 0.6 is 0 Å².